The molecule has 1 N–H and O–H groups in total. The molecule has 0 spiro atoms. The van der Waals surface area contributed by atoms with Crippen LogP contribution in [0, 0.1) is 0 Å². The molecule has 1 aliphatic rings. The fourth-order valence-corrected chi connectivity index (χ4v) is 1.61. The molecule has 0 saturated heterocycles. The van der Waals surface area contributed by atoms with Crippen molar-refractivity contribution in [2.24, 2.45) is 5.10 Å². The Morgan fingerprint density at radius 3 is 2.06 bits per heavy atom. The monoisotopic (exact) mass is 223 g/mol. The summed E-state index contributed by atoms with van der Waals surface area (Å²) >= 11 is 0. The second-order valence-electron chi connectivity index (χ2n) is 3.62. The summed E-state index contributed by atoms with van der Waals surface area (Å²) in [6, 6.07) is 19.8. The van der Waals surface area contributed by atoms with E-state index in [1.807, 2.05) is 60.7 Å². The van der Waals surface area contributed by atoms with Crippen molar-refractivity contribution in [3.05, 3.63) is 60.7 Å². The Kier molecular flexibility index (Phi) is 2.43. The predicted octanol–water partition coefficient (Wildman–Crippen LogP) is 2.25. The predicted molar refractivity (Wildman–Crippen MR) is 68.4 cm³/mol. The number of para-hydroxylation sites is 2. The molecule has 3 rings (SSSR count). The van der Waals surface area contributed by atoms with Gasteiger partial charge in [0.2, 0.25) is 5.69 Å². The highest BCUT2D eigenvalue weighted by atomic mass is 15.9. The van der Waals surface area contributed by atoms with Crippen LogP contribution in [0.15, 0.2) is 65.8 Å². The minimum Gasteiger partial charge on any atom is -0.145 e. The summed E-state index contributed by atoms with van der Waals surface area (Å²) in [4.78, 5) is 0. The van der Waals surface area contributed by atoms with Crippen molar-refractivity contribution in [2.75, 3.05) is 10.1 Å². The molecular formula is C13H11N4+. The second kappa shape index (κ2) is 4.22. The summed E-state index contributed by atoms with van der Waals surface area (Å²) in [5, 5.41) is 7.58. The van der Waals surface area contributed by atoms with Crippen LogP contribution in [0.5, 0.6) is 0 Å². The first-order valence-electron chi connectivity index (χ1n) is 5.36. The maximum absolute atomic E-state index is 4.16. The fraction of sp³-hybridized carbons (Fsp3) is 0. The number of hydrogen-bond donors (Lipinski definition) is 1. The molecule has 0 unspecified atom stereocenters. The maximum atomic E-state index is 4.16. The maximum Gasteiger partial charge on any atom is 0.362 e. The standard InChI is InChI=1S/C13H11N4/c1-3-7-12(8-4-1)16-11-14-17(15-16)13-9-5-2-6-10-13/h1-10,15H/q+1. The van der Waals surface area contributed by atoms with E-state index in [0.29, 0.717) is 0 Å². The van der Waals surface area contributed by atoms with E-state index in [0.717, 1.165) is 11.4 Å². The van der Waals surface area contributed by atoms with Gasteiger partial charge in [-0.15, -0.1) is 5.12 Å². The van der Waals surface area contributed by atoms with Crippen molar-refractivity contribution in [3.8, 4) is 0 Å². The van der Waals surface area contributed by atoms with Crippen LogP contribution in [-0.4, -0.2) is 6.34 Å². The first-order valence-corrected chi connectivity index (χ1v) is 5.36. The molecule has 0 saturated carbocycles. The van der Waals surface area contributed by atoms with E-state index in [2.05, 4.69) is 17.0 Å². The third kappa shape index (κ3) is 1.95. The summed E-state index contributed by atoms with van der Waals surface area (Å²) in [7, 11) is 0. The van der Waals surface area contributed by atoms with Gasteiger partial charge in [-0.25, -0.2) is 0 Å². The normalized spacial score (nSPS) is 13.9. The number of hydrazone groups is 1. The molecule has 82 valence electrons. The molecule has 0 bridgehead atoms. The molecule has 4 nitrogen and oxygen atoms in total. The molecule has 0 atom stereocenters. The van der Waals surface area contributed by atoms with Crippen LogP contribution in [0.3, 0.4) is 0 Å². The van der Waals surface area contributed by atoms with E-state index in [1.165, 1.54) is 0 Å². The van der Waals surface area contributed by atoms with Crippen molar-refractivity contribution < 1.29 is 0 Å². The number of benzene rings is 2. The van der Waals surface area contributed by atoms with Crippen LogP contribution in [0.4, 0.5) is 11.4 Å². The SMILES string of the molecule is [C+]1=NN(c2ccccc2)NN1c1ccccc1. The molecule has 17 heavy (non-hydrogen) atoms. The molecule has 0 radical (unpaired) electrons. The average Bonchev–Trinajstić information content (AvgIpc) is 2.90. The Labute approximate surface area is 99.7 Å². The molecule has 2 aromatic carbocycles. The third-order valence-electron chi connectivity index (χ3n) is 2.45. The van der Waals surface area contributed by atoms with Crippen molar-refractivity contribution in [1.82, 2.24) is 5.53 Å². The molecular weight excluding hydrogens is 212 g/mol. The van der Waals surface area contributed by atoms with E-state index >= 15 is 0 Å². The van der Waals surface area contributed by atoms with Gasteiger partial charge in [-0.2, -0.15) is 0 Å². The van der Waals surface area contributed by atoms with Gasteiger partial charge < -0.3 is 0 Å². The summed E-state index contributed by atoms with van der Waals surface area (Å²) in [5.74, 6) is 0. The lowest BCUT2D eigenvalue weighted by atomic mass is 10.3. The average molecular weight is 223 g/mol. The molecule has 4 heteroatoms. The summed E-state index contributed by atoms with van der Waals surface area (Å²) in [6.45, 7) is 0. The van der Waals surface area contributed by atoms with Crippen molar-refractivity contribution >= 4 is 17.7 Å². The minimum atomic E-state index is 0.971. The number of nitrogens with zero attached hydrogens (tertiary/aromatic N) is 3. The van der Waals surface area contributed by atoms with Gasteiger partial charge in [-0.1, -0.05) is 29.8 Å². The van der Waals surface area contributed by atoms with E-state index in [-0.39, 0.29) is 0 Å². The van der Waals surface area contributed by atoms with Crippen LogP contribution < -0.4 is 15.7 Å². The Balaban J connectivity index is 1.78. The summed E-state index contributed by atoms with van der Waals surface area (Å²) in [6.07, 6.45) is 2.89. The topological polar surface area (TPSA) is 30.9 Å². The molecule has 0 aliphatic carbocycles. The number of hydrazine groups is 2. The van der Waals surface area contributed by atoms with Gasteiger partial charge in [0.05, 0.1) is 5.69 Å². The van der Waals surface area contributed by atoms with Gasteiger partial charge in [0.25, 0.3) is 0 Å². The van der Waals surface area contributed by atoms with Gasteiger partial charge in [0.15, 0.2) is 0 Å². The number of anilines is 2. The number of hydrogen-bond acceptors (Lipinski definition) is 4. The summed E-state index contributed by atoms with van der Waals surface area (Å²) < 4.78 is 0. The molecule has 0 aromatic heterocycles. The Morgan fingerprint density at radius 1 is 0.824 bits per heavy atom. The van der Waals surface area contributed by atoms with Gasteiger partial charge in [0, 0.05) is 17.2 Å². The third-order valence-corrected chi connectivity index (χ3v) is 2.45. The number of rotatable bonds is 2. The van der Waals surface area contributed by atoms with E-state index < -0.39 is 0 Å². The van der Waals surface area contributed by atoms with Crippen LogP contribution in [0.25, 0.3) is 0 Å². The molecule has 1 heterocycles. The highest BCUT2D eigenvalue weighted by Gasteiger charge is 2.26. The molecule has 1 aliphatic heterocycles. The highest BCUT2D eigenvalue weighted by Crippen LogP contribution is 2.17. The van der Waals surface area contributed by atoms with E-state index in [1.54, 1.807) is 10.1 Å². The van der Waals surface area contributed by atoms with E-state index in [4.69, 9.17) is 0 Å². The van der Waals surface area contributed by atoms with Crippen LogP contribution in [0.1, 0.15) is 0 Å². The Hall–Kier alpha value is -2.42. The Morgan fingerprint density at radius 2 is 1.41 bits per heavy atom. The minimum absolute atomic E-state index is 0.971. The lowest BCUT2D eigenvalue weighted by molar-refractivity contribution is 0.719. The number of nitrogens with one attached hydrogen (secondary N) is 1. The van der Waals surface area contributed by atoms with Crippen LogP contribution >= 0.6 is 0 Å². The summed E-state index contributed by atoms with van der Waals surface area (Å²) in [5.41, 5.74) is 5.08. The second-order valence-corrected chi connectivity index (χ2v) is 3.62. The van der Waals surface area contributed by atoms with Crippen molar-refractivity contribution in [2.45, 2.75) is 0 Å². The molecule has 0 amide bonds. The molecule has 0 fully saturated rings. The van der Waals surface area contributed by atoms with Crippen LogP contribution in [-0.2, 0) is 0 Å². The Bertz CT molecular complexity index is 462. The lowest BCUT2D eigenvalue weighted by Crippen LogP contribution is -2.40. The zero-order chi connectivity index (χ0) is 11.5. The quantitative estimate of drug-likeness (QED) is 0.792. The van der Waals surface area contributed by atoms with Crippen molar-refractivity contribution in [1.29, 1.82) is 0 Å². The zero-order valence-electron chi connectivity index (χ0n) is 9.12. The zero-order valence-corrected chi connectivity index (χ0v) is 9.12. The smallest absolute Gasteiger partial charge is 0.145 e. The van der Waals surface area contributed by atoms with Gasteiger partial charge in [0.1, 0.15) is 0 Å². The van der Waals surface area contributed by atoms with Gasteiger partial charge in [-0.3, -0.25) is 0 Å². The first kappa shape index (κ1) is 9.78. The van der Waals surface area contributed by atoms with Crippen LogP contribution in [0.2, 0.25) is 0 Å². The fourth-order valence-electron chi connectivity index (χ4n) is 1.61. The highest BCUT2D eigenvalue weighted by molar-refractivity contribution is 5.81. The largest absolute Gasteiger partial charge is 0.362 e. The lowest BCUT2D eigenvalue weighted by Gasteiger charge is -2.11. The van der Waals surface area contributed by atoms with Gasteiger partial charge >= 0.3 is 6.34 Å². The first-order chi connectivity index (χ1) is 8.43. The molecule has 2 aromatic rings. The van der Waals surface area contributed by atoms with Crippen molar-refractivity contribution in [3.63, 3.8) is 0 Å². The van der Waals surface area contributed by atoms with Gasteiger partial charge in [-0.05, 0) is 29.3 Å². The van der Waals surface area contributed by atoms with E-state index in [9.17, 15) is 0 Å².